The van der Waals surface area contributed by atoms with Gasteiger partial charge in [-0.3, -0.25) is 9.69 Å². The summed E-state index contributed by atoms with van der Waals surface area (Å²) < 4.78 is 1.50. The minimum absolute atomic E-state index is 0.121. The van der Waals surface area contributed by atoms with Gasteiger partial charge in [0.25, 0.3) is 5.56 Å². The van der Waals surface area contributed by atoms with Crippen LogP contribution in [0.5, 0.6) is 0 Å². The molecule has 4 heterocycles. The molecule has 28 heavy (non-hydrogen) atoms. The van der Waals surface area contributed by atoms with Crippen LogP contribution in [0.3, 0.4) is 0 Å². The van der Waals surface area contributed by atoms with Gasteiger partial charge >= 0.3 is 0 Å². The summed E-state index contributed by atoms with van der Waals surface area (Å²) in [5, 5.41) is 15.9. The third-order valence-electron chi connectivity index (χ3n) is 6.53. The second kappa shape index (κ2) is 6.74. The molecule has 0 radical (unpaired) electrons. The molecule has 3 fully saturated rings. The summed E-state index contributed by atoms with van der Waals surface area (Å²) in [7, 11) is 0. The zero-order valence-corrected chi connectivity index (χ0v) is 16.3. The van der Waals surface area contributed by atoms with Gasteiger partial charge in [-0.05, 0) is 51.5 Å². The van der Waals surface area contributed by atoms with Crippen molar-refractivity contribution in [3.63, 3.8) is 0 Å². The van der Waals surface area contributed by atoms with Crippen LogP contribution < -0.4 is 5.56 Å². The fourth-order valence-electron chi connectivity index (χ4n) is 4.97. The molecule has 0 spiro atoms. The fraction of sp³-hybridized carbons (Fsp3) is 0.619. The highest BCUT2D eigenvalue weighted by Gasteiger charge is 2.47. The number of aromatic nitrogens is 4. The maximum atomic E-state index is 12.3. The molecule has 1 N–H and O–H groups in total. The number of fused-ring (bicyclic) bond motifs is 2. The fourth-order valence-corrected chi connectivity index (χ4v) is 4.97. The summed E-state index contributed by atoms with van der Waals surface area (Å²) in [5.74, 6) is 1.28. The largest absolute Gasteiger partial charge is 0.388 e. The molecule has 2 bridgehead atoms. The molecular weight excluding hydrogens is 354 g/mol. The van der Waals surface area contributed by atoms with Crippen LogP contribution in [-0.4, -0.2) is 47.4 Å². The lowest BCUT2D eigenvalue weighted by Gasteiger charge is -2.43. The number of nitrogens with zero attached hydrogens (tertiary/aromatic N) is 5. The van der Waals surface area contributed by atoms with E-state index >= 15 is 0 Å². The molecule has 2 aromatic rings. The van der Waals surface area contributed by atoms with Gasteiger partial charge in [0.15, 0.2) is 0 Å². The highest BCUT2D eigenvalue weighted by molar-refractivity contribution is 5.13. The Hall–Kier alpha value is -2.12. The zero-order chi connectivity index (χ0) is 19.3. The molecule has 2 unspecified atom stereocenters. The molecule has 2 atom stereocenters. The molecule has 148 valence electrons. The molecule has 3 aliphatic rings. The van der Waals surface area contributed by atoms with E-state index in [4.69, 9.17) is 0 Å². The normalized spacial score (nSPS) is 29.9. The molecule has 7 heteroatoms. The summed E-state index contributed by atoms with van der Waals surface area (Å²) >= 11 is 0. The second-order valence-electron chi connectivity index (χ2n) is 8.86. The Morgan fingerprint density at radius 3 is 2.43 bits per heavy atom. The molecule has 1 aliphatic carbocycles. The van der Waals surface area contributed by atoms with Gasteiger partial charge in [0, 0.05) is 48.6 Å². The summed E-state index contributed by atoms with van der Waals surface area (Å²) in [6.45, 7) is 3.00. The highest BCUT2D eigenvalue weighted by atomic mass is 16.3. The summed E-state index contributed by atoms with van der Waals surface area (Å²) in [6, 6.07) is 4.10. The molecule has 5 rings (SSSR count). The lowest BCUT2D eigenvalue weighted by Crippen LogP contribution is -2.53. The molecule has 2 aromatic heterocycles. The number of aliphatic hydroxyl groups is 1. The topological polar surface area (TPSA) is 84.1 Å². The maximum Gasteiger partial charge on any atom is 0.266 e. The van der Waals surface area contributed by atoms with Crippen LogP contribution in [0.25, 0.3) is 0 Å². The van der Waals surface area contributed by atoms with E-state index < -0.39 is 5.60 Å². The Morgan fingerprint density at radius 2 is 1.79 bits per heavy atom. The first kappa shape index (κ1) is 17.9. The number of rotatable bonds is 5. The van der Waals surface area contributed by atoms with E-state index in [0.29, 0.717) is 37.4 Å². The molecule has 2 aliphatic heterocycles. The lowest BCUT2D eigenvalue weighted by molar-refractivity contribution is -0.0678. The predicted molar refractivity (Wildman–Crippen MR) is 104 cm³/mol. The second-order valence-corrected chi connectivity index (χ2v) is 8.86. The van der Waals surface area contributed by atoms with Gasteiger partial charge in [-0.25, -0.2) is 14.6 Å². The van der Waals surface area contributed by atoms with Gasteiger partial charge in [0.2, 0.25) is 0 Å². The Bertz CT molecular complexity index is 907. The van der Waals surface area contributed by atoms with Gasteiger partial charge in [-0.1, -0.05) is 0 Å². The molecule has 2 saturated heterocycles. The van der Waals surface area contributed by atoms with E-state index in [9.17, 15) is 9.90 Å². The Balaban J connectivity index is 1.31. The quantitative estimate of drug-likeness (QED) is 0.850. The van der Waals surface area contributed by atoms with Gasteiger partial charge in [-0.15, -0.1) is 0 Å². The van der Waals surface area contributed by atoms with Crippen LogP contribution in [0, 0.1) is 6.92 Å². The lowest BCUT2D eigenvalue weighted by atomic mass is 9.85. The standard InChI is InChI=1S/C21H27N5O2/c1-14-22-10-15(11-23-14)12-25-17-4-5-18(25)9-21(28,8-17)13-26-20(27)7-6-19(24-26)16-2-3-16/h6-7,10-11,16-18,28H,2-5,8-9,12-13H2,1H3. The first-order chi connectivity index (χ1) is 13.5. The van der Waals surface area contributed by atoms with Crippen molar-refractivity contribution in [2.75, 3.05) is 0 Å². The van der Waals surface area contributed by atoms with E-state index in [-0.39, 0.29) is 5.56 Å². The first-order valence-electron chi connectivity index (χ1n) is 10.3. The number of piperidine rings is 1. The van der Waals surface area contributed by atoms with Crippen molar-refractivity contribution in [1.82, 2.24) is 24.6 Å². The summed E-state index contributed by atoms with van der Waals surface area (Å²) in [5.41, 5.74) is 1.11. The third kappa shape index (κ3) is 3.49. The van der Waals surface area contributed by atoms with Crippen molar-refractivity contribution < 1.29 is 5.11 Å². The highest BCUT2D eigenvalue weighted by Crippen LogP contribution is 2.42. The Morgan fingerprint density at radius 1 is 1.11 bits per heavy atom. The van der Waals surface area contributed by atoms with Crippen molar-refractivity contribution in [1.29, 1.82) is 0 Å². The Labute approximate surface area is 164 Å². The minimum atomic E-state index is -0.870. The van der Waals surface area contributed by atoms with Crippen LogP contribution in [0.2, 0.25) is 0 Å². The van der Waals surface area contributed by atoms with Crippen molar-refractivity contribution in [3.05, 3.63) is 52.0 Å². The molecule has 1 saturated carbocycles. The molecular formula is C21H27N5O2. The monoisotopic (exact) mass is 381 g/mol. The van der Waals surface area contributed by atoms with Crippen molar-refractivity contribution in [3.8, 4) is 0 Å². The minimum Gasteiger partial charge on any atom is -0.388 e. The van der Waals surface area contributed by atoms with Crippen LogP contribution in [0.1, 0.15) is 61.5 Å². The van der Waals surface area contributed by atoms with Crippen LogP contribution >= 0.6 is 0 Å². The summed E-state index contributed by atoms with van der Waals surface area (Å²) in [4.78, 5) is 23.4. The number of aryl methyl sites for hydroxylation is 1. The maximum absolute atomic E-state index is 12.3. The smallest absolute Gasteiger partial charge is 0.266 e. The van der Waals surface area contributed by atoms with Gasteiger partial charge in [-0.2, -0.15) is 5.10 Å². The van der Waals surface area contributed by atoms with E-state index in [1.807, 2.05) is 25.4 Å². The van der Waals surface area contributed by atoms with Crippen LogP contribution in [0.15, 0.2) is 29.3 Å². The van der Waals surface area contributed by atoms with Gasteiger partial charge in [0.1, 0.15) is 5.82 Å². The Kier molecular flexibility index (Phi) is 4.32. The molecule has 7 nitrogen and oxygen atoms in total. The van der Waals surface area contributed by atoms with E-state index in [1.165, 1.54) is 4.68 Å². The zero-order valence-electron chi connectivity index (χ0n) is 16.3. The average Bonchev–Trinajstić information content (AvgIpc) is 3.47. The number of hydrogen-bond donors (Lipinski definition) is 1. The predicted octanol–water partition coefficient (Wildman–Crippen LogP) is 1.78. The van der Waals surface area contributed by atoms with Crippen molar-refractivity contribution >= 4 is 0 Å². The van der Waals surface area contributed by atoms with Gasteiger partial charge in [0.05, 0.1) is 17.8 Å². The average molecular weight is 381 g/mol. The molecule has 0 aromatic carbocycles. The SMILES string of the molecule is Cc1ncc(CN2C3CCC2CC(O)(Cn2nc(C4CC4)ccc2=O)C3)cn1. The van der Waals surface area contributed by atoms with Gasteiger partial charge < -0.3 is 5.11 Å². The van der Waals surface area contributed by atoms with E-state index in [2.05, 4.69) is 20.0 Å². The first-order valence-corrected chi connectivity index (χ1v) is 10.3. The number of hydrogen-bond acceptors (Lipinski definition) is 6. The van der Waals surface area contributed by atoms with Crippen molar-refractivity contribution in [2.24, 2.45) is 0 Å². The molecule has 0 amide bonds. The third-order valence-corrected chi connectivity index (χ3v) is 6.53. The van der Waals surface area contributed by atoms with Crippen molar-refractivity contribution in [2.45, 2.75) is 82.1 Å². The van der Waals surface area contributed by atoms with Crippen LogP contribution in [0.4, 0.5) is 0 Å². The van der Waals surface area contributed by atoms with Crippen LogP contribution in [-0.2, 0) is 13.1 Å². The van der Waals surface area contributed by atoms with E-state index in [0.717, 1.165) is 49.3 Å². The summed E-state index contributed by atoms with van der Waals surface area (Å²) in [6.07, 6.45) is 9.63. The van der Waals surface area contributed by atoms with E-state index in [1.54, 1.807) is 6.07 Å².